The predicted octanol–water partition coefficient (Wildman–Crippen LogP) is 2.34. The van der Waals surface area contributed by atoms with Gasteiger partial charge in [0.25, 0.3) is 0 Å². The SMILES string of the molecule is CN1CCC(N2CC=C(B3OC(C)(C)C(C)(C)O3)CC2)CC1. The molecule has 3 rings (SSSR count). The molecule has 0 amide bonds. The summed E-state index contributed by atoms with van der Waals surface area (Å²) in [5, 5.41) is 0. The fourth-order valence-electron chi connectivity index (χ4n) is 3.60. The van der Waals surface area contributed by atoms with Crippen LogP contribution in [0.2, 0.25) is 0 Å². The third kappa shape index (κ3) is 3.14. The molecule has 3 heterocycles. The van der Waals surface area contributed by atoms with Crippen molar-refractivity contribution < 1.29 is 9.31 Å². The molecule has 22 heavy (non-hydrogen) atoms. The average Bonchev–Trinajstić information content (AvgIpc) is 2.68. The average molecular weight is 306 g/mol. The van der Waals surface area contributed by atoms with Gasteiger partial charge in [0.05, 0.1) is 11.2 Å². The molecule has 0 aliphatic carbocycles. The van der Waals surface area contributed by atoms with Crippen molar-refractivity contribution in [3.8, 4) is 0 Å². The smallest absolute Gasteiger partial charge is 0.400 e. The minimum Gasteiger partial charge on any atom is -0.400 e. The molecular weight excluding hydrogens is 275 g/mol. The highest BCUT2D eigenvalue weighted by molar-refractivity contribution is 6.54. The Kier molecular flexibility index (Phi) is 4.45. The molecule has 0 N–H and O–H groups in total. The molecule has 2 saturated heterocycles. The lowest BCUT2D eigenvalue weighted by Crippen LogP contribution is -2.46. The lowest BCUT2D eigenvalue weighted by molar-refractivity contribution is 0.00578. The van der Waals surface area contributed by atoms with Crippen molar-refractivity contribution in [2.45, 2.75) is 64.2 Å². The van der Waals surface area contributed by atoms with Crippen molar-refractivity contribution in [1.29, 1.82) is 0 Å². The molecule has 2 fully saturated rings. The zero-order valence-corrected chi connectivity index (χ0v) is 14.9. The van der Waals surface area contributed by atoms with Crippen LogP contribution in [0.3, 0.4) is 0 Å². The van der Waals surface area contributed by atoms with Gasteiger partial charge >= 0.3 is 7.12 Å². The van der Waals surface area contributed by atoms with Crippen molar-refractivity contribution >= 4 is 7.12 Å². The second-order valence-corrected chi connectivity index (χ2v) is 8.15. The first-order valence-electron chi connectivity index (χ1n) is 8.76. The molecule has 0 spiro atoms. The molecule has 0 bridgehead atoms. The van der Waals surface area contributed by atoms with Gasteiger partial charge in [0, 0.05) is 19.1 Å². The minimum atomic E-state index is -0.233. The van der Waals surface area contributed by atoms with Gasteiger partial charge in [0.2, 0.25) is 0 Å². The normalized spacial score (nSPS) is 30.6. The highest BCUT2D eigenvalue weighted by Gasteiger charge is 2.52. The first kappa shape index (κ1) is 16.5. The number of rotatable bonds is 2. The number of likely N-dealkylation sites (tertiary alicyclic amines) is 1. The summed E-state index contributed by atoms with van der Waals surface area (Å²) in [6.07, 6.45) is 6.03. The van der Waals surface area contributed by atoms with E-state index in [0.29, 0.717) is 0 Å². The standard InChI is InChI=1S/C17H31BN2O2/c1-16(2)17(3,4)22-18(21-16)14-6-12-20(13-7-14)15-8-10-19(5)11-9-15/h6,15H,7-13H2,1-5H3. The fourth-order valence-corrected chi connectivity index (χ4v) is 3.60. The van der Waals surface area contributed by atoms with E-state index < -0.39 is 0 Å². The fraction of sp³-hybridized carbons (Fsp3) is 0.882. The number of hydrogen-bond donors (Lipinski definition) is 0. The molecule has 5 heteroatoms. The zero-order valence-electron chi connectivity index (χ0n) is 14.9. The summed E-state index contributed by atoms with van der Waals surface area (Å²) in [5.41, 5.74) is 0.871. The molecule has 0 radical (unpaired) electrons. The van der Waals surface area contributed by atoms with Gasteiger partial charge < -0.3 is 14.2 Å². The maximum Gasteiger partial charge on any atom is 0.490 e. The molecule has 0 aromatic carbocycles. The molecule has 0 aromatic heterocycles. The van der Waals surface area contributed by atoms with E-state index in [9.17, 15) is 0 Å². The van der Waals surface area contributed by atoms with Crippen LogP contribution < -0.4 is 0 Å². The zero-order chi connectivity index (χ0) is 16.0. The van der Waals surface area contributed by atoms with Crippen LogP contribution in [-0.2, 0) is 9.31 Å². The van der Waals surface area contributed by atoms with E-state index in [4.69, 9.17) is 9.31 Å². The van der Waals surface area contributed by atoms with E-state index >= 15 is 0 Å². The van der Waals surface area contributed by atoms with Crippen LogP contribution in [0.15, 0.2) is 11.5 Å². The first-order chi connectivity index (χ1) is 10.3. The Labute approximate surface area is 136 Å². The number of piperidine rings is 1. The monoisotopic (exact) mass is 306 g/mol. The van der Waals surface area contributed by atoms with Crippen LogP contribution in [0.4, 0.5) is 0 Å². The lowest BCUT2D eigenvalue weighted by atomic mass is 9.74. The van der Waals surface area contributed by atoms with E-state index in [2.05, 4.69) is 50.6 Å². The lowest BCUT2D eigenvalue weighted by Gasteiger charge is -2.38. The van der Waals surface area contributed by atoms with E-state index in [1.54, 1.807) is 0 Å². The summed E-state index contributed by atoms with van der Waals surface area (Å²) in [6, 6.07) is 0.757. The first-order valence-corrected chi connectivity index (χ1v) is 8.76. The Balaban J connectivity index is 1.58. The molecule has 3 aliphatic heterocycles. The highest BCUT2D eigenvalue weighted by Crippen LogP contribution is 2.39. The molecule has 0 saturated carbocycles. The van der Waals surface area contributed by atoms with Crippen molar-refractivity contribution in [3.05, 3.63) is 11.5 Å². The van der Waals surface area contributed by atoms with Gasteiger partial charge in [-0.15, -0.1) is 0 Å². The van der Waals surface area contributed by atoms with Gasteiger partial charge in [0.1, 0.15) is 0 Å². The summed E-state index contributed by atoms with van der Waals surface area (Å²) in [7, 11) is 2.08. The van der Waals surface area contributed by atoms with Crippen LogP contribution >= 0.6 is 0 Å². The summed E-state index contributed by atoms with van der Waals surface area (Å²) in [4.78, 5) is 5.08. The largest absolute Gasteiger partial charge is 0.490 e. The van der Waals surface area contributed by atoms with Gasteiger partial charge in [-0.05, 0) is 72.6 Å². The Morgan fingerprint density at radius 3 is 2.14 bits per heavy atom. The van der Waals surface area contributed by atoms with Crippen LogP contribution in [0.1, 0.15) is 47.0 Å². The molecule has 3 aliphatic rings. The quantitative estimate of drug-likeness (QED) is 0.731. The third-order valence-corrected chi connectivity index (χ3v) is 6.04. The van der Waals surface area contributed by atoms with Crippen LogP contribution in [-0.4, -0.2) is 67.4 Å². The Morgan fingerprint density at radius 1 is 1.05 bits per heavy atom. The second-order valence-electron chi connectivity index (χ2n) is 8.15. The summed E-state index contributed by atoms with van der Waals surface area (Å²) in [6.45, 7) is 13.2. The molecule has 0 aromatic rings. The maximum atomic E-state index is 6.18. The number of hydrogen-bond acceptors (Lipinski definition) is 4. The van der Waals surface area contributed by atoms with Gasteiger partial charge in [-0.25, -0.2) is 0 Å². The molecule has 124 valence electrons. The van der Waals surface area contributed by atoms with Crippen molar-refractivity contribution in [2.24, 2.45) is 0 Å². The summed E-state index contributed by atoms with van der Waals surface area (Å²) >= 11 is 0. The van der Waals surface area contributed by atoms with Crippen LogP contribution in [0, 0.1) is 0 Å². The Morgan fingerprint density at radius 2 is 1.64 bits per heavy atom. The molecule has 0 unspecified atom stereocenters. The maximum absolute atomic E-state index is 6.18. The van der Waals surface area contributed by atoms with Crippen molar-refractivity contribution in [3.63, 3.8) is 0 Å². The van der Waals surface area contributed by atoms with Gasteiger partial charge in [-0.2, -0.15) is 0 Å². The highest BCUT2D eigenvalue weighted by atomic mass is 16.7. The van der Waals surface area contributed by atoms with E-state index in [1.165, 1.54) is 31.4 Å². The van der Waals surface area contributed by atoms with E-state index in [1.807, 2.05) is 0 Å². The number of nitrogens with zero attached hydrogens (tertiary/aromatic N) is 2. The third-order valence-electron chi connectivity index (χ3n) is 6.04. The van der Waals surface area contributed by atoms with Gasteiger partial charge in [-0.3, -0.25) is 4.90 Å². The van der Waals surface area contributed by atoms with Crippen LogP contribution in [0.25, 0.3) is 0 Å². The van der Waals surface area contributed by atoms with E-state index in [-0.39, 0.29) is 18.3 Å². The summed E-state index contributed by atoms with van der Waals surface area (Å²) in [5.74, 6) is 0. The Hall–Kier alpha value is -0.355. The molecule has 4 nitrogen and oxygen atoms in total. The van der Waals surface area contributed by atoms with Crippen molar-refractivity contribution in [2.75, 3.05) is 33.2 Å². The molecular formula is C17H31BN2O2. The summed E-state index contributed by atoms with van der Waals surface area (Å²) < 4.78 is 12.4. The van der Waals surface area contributed by atoms with Crippen molar-refractivity contribution in [1.82, 2.24) is 9.80 Å². The minimum absolute atomic E-state index is 0.148. The second kappa shape index (κ2) is 5.93. The molecule has 0 atom stereocenters. The topological polar surface area (TPSA) is 24.9 Å². The Bertz CT molecular complexity index is 426. The predicted molar refractivity (Wildman–Crippen MR) is 90.9 cm³/mol. The van der Waals surface area contributed by atoms with Gasteiger partial charge in [-0.1, -0.05) is 6.08 Å². The van der Waals surface area contributed by atoms with Gasteiger partial charge in [0.15, 0.2) is 0 Å². The van der Waals surface area contributed by atoms with E-state index in [0.717, 1.165) is 25.6 Å². The van der Waals surface area contributed by atoms with Crippen LogP contribution in [0.5, 0.6) is 0 Å².